The SMILES string of the molecule is C[C@@H](c1ccc(B2OC(C)(C)C(C)(C)O2)cc1)N(C)C(=O)O. The highest BCUT2D eigenvalue weighted by Gasteiger charge is 2.51. The Morgan fingerprint density at radius 3 is 2.00 bits per heavy atom. The second kappa shape index (κ2) is 5.59. The maximum atomic E-state index is 11.0. The summed E-state index contributed by atoms with van der Waals surface area (Å²) in [6.07, 6.45) is -0.942. The molecule has 6 heteroatoms. The van der Waals surface area contributed by atoms with Gasteiger partial charge in [0, 0.05) is 7.05 Å². The van der Waals surface area contributed by atoms with Gasteiger partial charge in [0.05, 0.1) is 17.2 Å². The van der Waals surface area contributed by atoms with Gasteiger partial charge in [-0.3, -0.25) is 0 Å². The van der Waals surface area contributed by atoms with E-state index in [2.05, 4.69) is 0 Å². The largest absolute Gasteiger partial charge is 0.494 e. The van der Waals surface area contributed by atoms with E-state index in [-0.39, 0.29) is 17.2 Å². The van der Waals surface area contributed by atoms with Gasteiger partial charge in [-0.05, 0) is 45.6 Å². The van der Waals surface area contributed by atoms with Gasteiger partial charge >= 0.3 is 13.2 Å². The first-order valence-electron chi connectivity index (χ1n) is 7.46. The predicted molar refractivity (Wildman–Crippen MR) is 86.4 cm³/mol. The monoisotopic (exact) mass is 305 g/mol. The average molecular weight is 305 g/mol. The zero-order valence-electron chi connectivity index (χ0n) is 14.1. The molecule has 0 bridgehead atoms. The van der Waals surface area contributed by atoms with Crippen molar-refractivity contribution in [3.63, 3.8) is 0 Å². The first-order chi connectivity index (χ1) is 10.0. The maximum absolute atomic E-state index is 11.0. The predicted octanol–water partition coefficient (Wildman–Crippen LogP) is 2.66. The highest BCUT2D eigenvalue weighted by molar-refractivity contribution is 6.62. The molecule has 0 aromatic heterocycles. The Kier molecular flexibility index (Phi) is 4.28. The van der Waals surface area contributed by atoms with Gasteiger partial charge in [0.25, 0.3) is 0 Å². The van der Waals surface area contributed by atoms with E-state index in [1.54, 1.807) is 7.05 Å². The standard InChI is InChI=1S/C16H24BNO4/c1-11(18(6)14(19)20)12-7-9-13(10-8-12)17-21-15(2,3)16(4,5)22-17/h7-11H,1-6H3,(H,19,20)/t11-/m0/s1. The molecule has 22 heavy (non-hydrogen) atoms. The summed E-state index contributed by atoms with van der Waals surface area (Å²) < 4.78 is 12.0. The fourth-order valence-electron chi connectivity index (χ4n) is 2.30. The lowest BCUT2D eigenvalue weighted by atomic mass is 9.78. The van der Waals surface area contributed by atoms with E-state index in [0.717, 1.165) is 11.0 Å². The molecule has 0 spiro atoms. The van der Waals surface area contributed by atoms with Crippen molar-refractivity contribution in [2.45, 2.75) is 51.9 Å². The Morgan fingerprint density at radius 2 is 1.59 bits per heavy atom. The fraction of sp³-hybridized carbons (Fsp3) is 0.562. The third-order valence-electron chi connectivity index (χ3n) is 4.83. The molecule has 1 atom stereocenters. The molecular formula is C16H24BNO4. The van der Waals surface area contributed by atoms with E-state index in [1.165, 1.54) is 4.90 Å². The zero-order chi connectivity index (χ0) is 16.7. The third kappa shape index (κ3) is 2.98. The van der Waals surface area contributed by atoms with Crippen LogP contribution < -0.4 is 5.46 Å². The Balaban J connectivity index is 2.15. The maximum Gasteiger partial charge on any atom is 0.494 e. The van der Waals surface area contributed by atoms with E-state index < -0.39 is 13.2 Å². The van der Waals surface area contributed by atoms with Crippen molar-refractivity contribution in [3.8, 4) is 0 Å². The molecule has 2 rings (SSSR count). The minimum atomic E-state index is -0.942. The summed E-state index contributed by atoms with van der Waals surface area (Å²) in [5, 5.41) is 9.04. The van der Waals surface area contributed by atoms with Crippen LogP contribution in [0.5, 0.6) is 0 Å². The Hall–Kier alpha value is -1.53. The quantitative estimate of drug-likeness (QED) is 0.872. The zero-order valence-corrected chi connectivity index (χ0v) is 14.1. The number of carboxylic acid groups (broad SMARTS) is 1. The van der Waals surface area contributed by atoms with Crippen molar-refractivity contribution in [2.24, 2.45) is 0 Å². The molecule has 0 saturated carbocycles. The van der Waals surface area contributed by atoms with Gasteiger partial charge in [0.15, 0.2) is 0 Å². The third-order valence-corrected chi connectivity index (χ3v) is 4.83. The lowest BCUT2D eigenvalue weighted by Crippen LogP contribution is -2.41. The first kappa shape index (κ1) is 16.8. The normalized spacial score (nSPS) is 20.7. The number of amides is 1. The van der Waals surface area contributed by atoms with Crippen LogP contribution >= 0.6 is 0 Å². The van der Waals surface area contributed by atoms with Gasteiger partial charge in [0.1, 0.15) is 0 Å². The molecule has 1 aromatic rings. The van der Waals surface area contributed by atoms with Crippen molar-refractivity contribution in [1.29, 1.82) is 0 Å². The number of rotatable bonds is 3. The minimum absolute atomic E-state index is 0.204. The molecule has 120 valence electrons. The van der Waals surface area contributed by atoms with Crippen molar-refractivity contribution in [1.82, 2.24) is 4.90 Å². The summed E-state index contributed by atoms with van der Waals surface area (Å²) >= 11 is 0. The highest BCUT2D eigenvalue weighted by atomic mass is 16.7. The lowest BCUT2D eigenvalue weighted by Gasteiger charge is -2.32. The smallest absolute Gasteiger partial charge is 0.465 e. The molecule has 1 aliphatic rings. The van der Waals surface area contributed by atoms with Gasteiger partial charge in [-0.15, -0.1) is 0 Å². The molecule has 1 fully saturated rings. The van der Waals surface area contributed by atoms with Crippen LogP contribution in [-0.4, -0.2) is 41.5 Å². The van der Waals surface area contributed by atoms with Crippen LogP contribution in [0.4, 0.5) is 4.79 Å². The molecule has 1 amide bonds. The van der Waals surface area contributed by atoms with Crippen LogP contribution in [0, 0.1) is 0 Å². The molecule has 0 radical (unpaired) electrons. The molecule has 1 saturated heterocycles. The summed E-state index contributed by atoms with van der Waals surface area (Å²) in [5.74, 6) is 0. The summed E-state index contributed by atoms with van der Waals surface area (Å²) in [6.45, 7) is 9.94. The summed E-state index contributed by atoms with van der Waals surface area (Å²) in [6, 6.07) is 7.51. The van der Waals surface area contributed by atoms with Crippen LogP contribution in [0.1, 0.15) is 46.2 Å². The second-order valence-electron chi connectivity index (χ2n) is 6.82. The molecular weight excluding hydrogens is 281 g/mol. The number of hydrogen-bond donors (Lipinski definition) is 1. The average Bonchev–Trinajstić information content (AvgIpc) is 2.66. The van der Waals surface area contributed by atoms with Gasteiger partial charge in [0.2, 0.25) is 0 Å². The second-order valence-corrected chi connectivity index (χ2v) is 6.82. The molecule has 1 aromatic carbocycles. The van der Waals surface area contributed by atoms with Crippen LogP contribution in [0.3, 0.4) is 0 Å². The van der Waals surface area contributed by atoms with Crippen molar-refractivity contribution in [3.05, 3.63) is 29.8 Å². The Labute approximate surface area is 132 Å². The number of hydrogen-bond acceptors (Lipinski definition) is 3. The van der Waals surface area contributed by atoms with Crippen LogP contribution in [-0.2, 0) is 9.31 Å². The van der Waals surface area contributed by atoms with Crippen molar-refractivity contribution in [2.75, 3.05) is 7.05 Å². The molecule has 5 nitrogen and oxygen atoms in total. The summed E-state index contributed by atoms with van der Waals surface area (Å²) in [7, 11) is 1.17. The van der Waals surface area contributed by atoms with E-state index in [1.807, 2.05) is 58.9 Å². The Morgan fingerprint density at radius 1 is 1.14 bits per heavy atom. The lowest BCUT2D eigenvalue weighted by molar-refractivity contribution is 0.00578. The van der Waals surface area contributed by atoms with E-state index in [9.17, 15) is 4.79 Å². The highest BCUT2D eigenvalue weighted by Crippen LogP contribution is 2.36. The molecule has 1 heterocycles. The van der Waals surface area contributed by atoms with Gasteiger partial charge in [-0.1, -0.05) is 24.3 Å². The molecule has 0 unspecified atom stereocenters. The van der Waals surface area contributed by atoms with Crippen LogP contribution in [0.15, 0.2) is 24.3 Å². The van der Waals surface area contributed by atoms with Gasteiger partial charge in [-0.2, -0.15) is 0 Å². The summed E-state index contributed by atoms with van der Waals surface area (Å²) in [5.41, 5.74) is 1.14. The molecule has 1 aliphatic heterocycles. The van der Waals surface area contributed by atoms with E-state index in [4.69, 9.17) is 14.4 Å². The van der Waals surface area contributed by atoms with E-state index >= 15 is 0 Å². The van der Waals surface area contributed by atoms with E-state index in [0.29, 0.717) is 0 Å². The minimum Gasteiger partial charge on any atom is -0.465 e. The molecule has 0 aliphatic carbocycles. The number of carbonyl (C=O) groups is 1. The van der Waals surface area contributed by atoms with Crippen molar-refractivity contribution < 1.29 is 19.2 Å². The number of nitrogens with zero attached hydrogens (tertiary/aromatic N) is 1. The topological polar surface area (TPSA) is 59.0 Å². The first-order valence-corrected chi connectivity index (χ1v) is 7.46. The van der Waals surface area contributed by atoms with Crippen LogP contribution in [0.25, 0.3) is 0 Å². The van der Waals surface area contributed by atoms with Crippen LogP contribution in [0.2, 0.25) is 0 Å². The van der Waals surface area contributed by atoms with Gasteiger partial charge in [-0.25, -0.2) is 4.79 Å². The molecule has 1 N–H and O–H groups in total. The Bertz CT molecular complexity index is 540. The number of benzene rings is 1. The van der Waals surface area contributed by atoms with Gasteiger partial charge < -0.3 is 19.3 Å². The summed E-state index contributed by atoms with van der Waals surface area (Å²) in [4.78, 5) is 12.3. The van der Waals surface area contributed by atoms with Crippen molar-refractivity contribution >= 4 is 18.7 Å². The fourth-order valence-corrected chi connectivity index (χ4v) is 2.30.